The molecule has 1 unspecified atom stereocenters. The second-order valence-corrected chi connectivity index (χ2v) is 6.81. The fraction of sp³-hybridized carbons (Fsp3) is 0.929. The Hall–Kier alpha value is 0.270. The molecule has 0 amide bonds. The van der Waals surface area contributed by atoms with Gasteiger partial charge in [-0.1, -0.05) is 0 Å². The summed E-state index contributed by atoms with van der Waals surface area (Å²) in [5.74, 6) is 1.52. The summed E-state index contributed by atoms with van der Waals surface area (Å²) >= 11 is 1.94. The Bertz CT molecular complexity index is 319. The van der Waals surface area contributed by atoms with Gasteiger partial charge in [-0.15, -0.1) is 24.0 Å². The van der Waals surface area contributed by atoms with Gasteiger partial charge in [-0.3, -0.25) is 4.99 Å². The first-order valence-corrected chi connectivity index (χ1v) is 8.66. The van der Waals surface area contributed by atoms with Crippen molar-refractivity contribution in [3.8, 4) is 0 Å². The number of halogens is 1. The van der Waals surface area contributed by atoms with Crippen molar-refractivity contribution in [2.75, 3.05) is 52.8 Å². The van der Waals surface area contributed by atoms with Crippen LogP contribution >= 0.6 is 35.7 Å². The summed E-state index contributed by atoms with van der Waals surface area (Å²) in [5, 5.41) is 6.89. The van der Waals surface area contributed by atoms with Crippen molar-refractivity contribution in [1.82, 2.24) is 10.6 Å². The van der Waals surface area contributed by atoms with Gasteiger partial charge < -0.3 is 20.1 Å². The molecule has 0 aromatic rings. The zero-order chi connectivity index (χ0) is 14.3. The van der Waals surface area contributed by atoms with Crippen LogP contribution in [0.1, 0.15) is 19.3 Å². The van der Waals surface area contributed by atoms with Gasteiger partial charge in [0.05, 0.1) is 6.61 Å². The molecule has 0 aromatic carbocycles. The fourth-order valence-corrected chi connectivity index (χ4v) is 3.44. The molecule has 1 atom stereocenters. The van der Waals surface area contributed by atoms with Gasteiger partial charge in [0.1, 0.15) is 0 Å². The summed E-state index contributed by atoms with van der Waals surface area (Å²) in [5.41, 5.74) is 0. The zero-order valence-electron chi connectivity index (χ0n) is 13.0. The van der Waals surface area contributed by atoms with Gasteiger partial charge in [-0.05, 0) is 25.5 Å². The number of hydrogen-bond acceptors (Lipinski definition) is 4. The average Bonchev–Trinajstić information content (AvgIpc) is 3.02. The van der Waals surface area contributed by atoms with E-state index >= 15 is 0 Å². The van der Waals surface area contributed by atoms with E-state index in [2.05, 4.69) is 21.9 Å². The number of nitrogens with one attached hydrogen (secondary N) is 2. The molecule has 2 rings (SSSR count). The van der Waals surface area contributed by atoms with Crippen LogP contribution in [0, 0.1) is 5.92 Å². The topological polar surface area (TPSA) is 54.9 Å². The lowest BCUT2D eigenvalue weighted by Crippen LogP contribution is -2.48. The van der Waals surface area contributed by atoms with Crippen LogP contribution in [0.15, 0.2) is 4.99 Å². The van der Waals surface area contributed by atoms with E-state index in [9.17, 15) is 0 Å². The molecule has 0 radical (unpaired) electrons. The maximum absolute atomic E-state index is 5.47. The predicted molar refractivity (Wildman–Crippen MR) is 100 cm³/mol. The van der Waals surface area contributed by atoms with Gasteiger partial charge >= 0.3 is 0 Å². The number of thioether (sulfide) groups is 1. The third-order valence-electron chi connectivity index (χ3n) is 4.22. The number of hydrogen-bond donors (Lipinski definition) is 2. The molecule has 7 heteroatoms. The molecule has 0 bridgehead atoms. The second-order valence-electron chi connectivity index (χ2n) is 5.54. The highest BCUT2D eigenvalue weighted by molar-refractivity contribution is 14.0. The van der Waals surface area contributed by atoms with Crippen LogP contribution in [0.2, 0.25) is 0 Å². The quantitative estimate of drug-likeness (QED) is 0.396. The van der Waals surface area contributed by atoms with E-state index in [0.717, 1.165) is 64.7 Å². The first-order valence-electron chi connectivity index (χ1n) is 7.43. The minimum absolute atomic E-state index is 0. The Morgan fingerprint density at radius 1 is 1.24 bits per heavy atom. The molecule has 0 spiro atoms. The molecular formula is C14H28IN3O2S. The fourth-order valence-electron chi connectivity index (χ4n) is 2.65. The van der Waals surface area contributed by atoms with Crippen LogP contribution < -0.4 is 10.6 Å². The predicted octanol–water partition coefficient (Wildman–Crippen LogP) is 1.72. The largest absolute Gasteiger partial charge is 0.381 e. The van der Waals surface area contributed by atoms with Crippen molar-refractivity contribution < 1.29 is 9.47 Å². The maximum Gasteiger partial charge on any atom is 0.191 e. The third-order valence-corrected chi connectivity index (χ3v) is 5.64. The summed E-state index contributed by atoms with van der Waals surface area (Å²) in [6.07, 6.45) is 5.55. The lowest BCUT2D eigenvalue weighted by atomic mass is 9.99. The Morgan fingerprint density at radius 3 is 2.57 bits per heavy atom. The highest BCUT2D eigenvalue weighted by Crippen LogP contribution is 2.32. The standard InChI is InChI=1S/C14H27N3O2S.HI/c1-15-13(16-9-12-3-6-19-10-12)17-11-14(20-2)4-7-18-8-5-14;/h12H,3-11H2,1-2H3,(H2,15,16,17);1H. The van der Waals surface area contributed by atoms with Crippen molar-refractivity contribution in [3.63, 3.8) is 0 Å². The van der Waals surface area contributed by atoms with E-state index in [1.807, 2.05) is 18.8 Å². The molecule has 2 aliphatic heterocycles. The minimum atomic E-state index is 0. The first kappa shape index (κ1) is 19.3. The monoisotopic (exact) mass is 429 g/mol. The molecule has 2 aliphatic rings. The summed E-state index contributed by atoms with van der Waals surface area (Å²) in [6.45, 7) is 5.39. The molecule has 0 saturated carbocycles. The van der Waals surface area contributed by atoms with Crippen LogP contribution in [0.4, 0.5) is 0 Å². The van der Waals surface area contributed by atoms with Crippen molar-refractivity contribution >= 4 is 41.7 Å². The molecule has 0 aliphatic carbocycles. The van der Waals surface area contributed by atoms with Gasteiger partial charge in [0.2, 0.25) is 0 Å². The van der Waals surface area contributed by atoms with E-state index in [-0.39, 0.29) is 28.7 Å². The molecule has 21 heavy (non-hydrogen) atoms. The Morgan fingerprint density at radius 2 is 2.00 bits per heavy atom. The number of ether oxygens (including phenoxy) is 2. The average molecular weight is 429 g/mol. The molecule has 124 valence electrons. The van der Waals surface area contributed by atoms with Crippen molar-refractivity contribution in [1.29, 1.82) is 0 Å². The summed E-state index contributed by atoms with van der Waals surface area (Å²) < 4.78 is 11.2. The van der Waals surface area contributed by atoms with E-state index in [1.165, 1.54) is 0 Å². The third kappa shape index (κ3) is 6.11. The summed E-state index contributed by atoms with van der Waals surface area (Å²) in [6, 6.07) is 0. The summed E-state index contributed by atoms with van der Waals surface area (Å²) in [7, 11) is 1.83. The molecule has 2 N–H and O–H groups in total. The van der Waals surface area contributed by atoms with Crippen LogP contribution in [-0.2, 0) is 9.47 Å². The van der Waals surface area contributed by atoms with E-state index in [0.29, 0.717) is 5.92 Å². The van der Waals surface area contributed by atoms with Crippen LogP contribution in [-0.4, -0.2) is 63.5 Å². The van der Waals surface area contributed by atoms with Crippen molar-refractivity contribution in [2.45, 2.75) is 24.0 Å². The van der Waals surface area contributed by atoms with Crippen molar-refractivity contribution in [3.05, 3.63) is 0 Å². The van der Waals surface area contributed by atoms with Crippen LogP contribution in [0.25, 0.3) is 0 Å². The first-order chi connectivity index (χ1) is 9.78. The Kier molecular flexibility index (Phi) is 9.31. The maximum atomic E-state index is 5.47. The zero-order valence-corrected chi connectivity index (χ0v) is 16.2. The highest BCUT2D eigenvalue weighted by atomic mass is 127. The molecule has 0 aromatic heterocycles. The lowest BCUT2D eigenvalue weighted by molar-refractivity contribution is 0.0783. The summed E-state index contributed by atoms with van der Waals surface area (Å²) in [4.78, 5) is 4.31. The van der Waals surface area contributed by atoms with E-state index < -0.39 is 0 Å². The normalized spacial score (nSPS) is 25.2. The molecule has 5 nitrogen and oxygen atoms in total. The highest BCUT2D eigenvalue weighted by Gasteiger charge is 2.31. The number of rotatable bonds is 5. The van der Waals surface area contributed by atoms with Gasteiger partial charge in [0.15, 0.2) is 5.96 Å². The van der Waals surface area contributed by atoms with Gasteiger partial charge in [0.25, 0.3) is 0 Å². The SMILES string of the molecule is CN=C(NCC1CCOC1)NCC1(SC)CCOCC1.I. The number of guanidine groups is 1. The van der Waals surface area contributed by atoms with Crippen molar-refractivity contribution in [2.24, 2.45) is 10.9 Å². The Balaban J connectivity index is 0.00000220. The molecular weight excluding hydrogens is 401 g/mol. The number of aliphatic imine (C=N–C) groups is 1. The van der Waals surface area contributed by atoms with Gasteiger partial charge in [-0.25, -0.2) is 0 Å². The van der Waals surface area contributed by atoms with Gasteiger partial charge in [0, 0.05) is 50.6 Å². The smallest absolute Gasteiger partial charge is 0.191 e. The molecule has 2 saturated heterocycles. The molecule has 2 heterocycles. The number of nitrogens with zero attached hydrogens (tertiary/aromatic N) is 1. The second kappa shape index (κ2) is 10.1. The van der Waals surface area contributed by atoms with Crippen LogP contribution in [0.3, 0.4) is 0 Å². The van der Waals surface area contributed by atoms with Crippen LogP contribution in [0.5, 0.6) is 0 Å². The van der Waals surface area contributed by atoms with Gasteiger partial charge in [-0.2, -0.15) is 11.8 Å². The van der Waals surface area contributed by atoms with E-state index in [1.54, 1.807) is 0 Å². The minimum Gasteiger partial charge on any atom is -0.381 e. The lowest BCUT2D eigenvalue weighted by Gasteiger charge is -2.36. The molecule has 2 fully saturated rings. The van der Waals surface area contributed by atoms with E-state index in [4.69, 9.17) is 9.47 Å². The Labute approximate surface area is 149 Å².